The standard InChI is InChI=1S/C31H38/c1-2-3-4-5-7-22-17-27-8-6-9-29(30(27)18-22)26-10-12-28(13-11-26)31-19-23-14-24(20-31)16-25(15-23)21-31/h6,8-13,18,23-25H,2-5,7,14-17,19-21H2,1H3. The lowest BCUT2D eigenvalue weighted by Gasteiger charge is -2.57. The second kappa shape index (κ2) is 7.95. The van der Waals surface area contributed by atoms with Crippen molar-refractivity contribution < 1.29 is 0 Å². The molecule has 5 aliphatic carbocycles. The van der Waals surface area contributed by atoms with E-state index in [1.54, 1.807) is 11.1 Å². The highest BCUT2D eigenvalue weighted by atomic mass is 14.6. The Morgan fingerprint density at radius 3 is 2.19 bits per heavy atom. The van der Waals surface area contributed by atoms with Gasteiger partial charge in [-0.05, 0) is 109 Å². The lowest BCUT2D eigenvalue weighted by molar-refractivity contribution is -0.00518. The van der Waals surface area contributed by atoms with Crippen molar-refractivity contribution in [3.63, 3.8) is 0 Å². The van der Waals surface area contributed by atoms with Crippen molar-refractivity contribution >= 4 is 6.08 Å². The van der Waals surface area contributed by atoms with E-state index in [2.05, 4.69) is 55.5 Å². The summed E-state index contributed by atoms with van der Waals surface area (Å²) < 4.78 is 0. The fraction of sp³-hybridized carbons (Fsp3) is 0.548. The quantitative estimate of drug-likeness (QED) is 0.400. The number of unbranched alkanes of at least 4 members (excludes halogenated alkanes) is 3. The maximum atomic E-state index is 2.52. The molecule has 4 fully saturated rings. The molecular weight excluding hydrogens is 372 g/mol. The Hall–Kier alpha value is -1.82. The number of hydrogen-bond acceptors (Lipinski definition) is 0. The molecular formula is C31H38. The van der Waals surface area contributed by atoms with Gasteiger partial charge < -0.3 is 0 Å². The molecule has 7 rings (SSSR count). The van der Waals surface area contributed by atoms with E-state index in [-0.39, 0.29) is 0 Å². The lowest BCUT2D eigenvalue weighted by atomic mass is 9.48. The van der Waals surface area contributed by atoms with E-state index in [4.69, 9.17) is 0 Å². The van der Waals surface area contributed by atoms with Gasteiger partial charge in [-0.2, -0.15) is 0 Å². The summed E-state index contributed by atoms with van der Waals surface area (Å²) in [6, 6.07) is 16.9. The fourth-order valence-corrected chi connectivity index (χ4v) is 8.10. The van der Waals surface area contributed by atoms with E-state index in [9.17, 15) is 0 Å². The molecule has 162 valence electrons. The van der Waals surface area contributed by atoms with E-state index >= 15 is 0 Å². The predicted molar refractivity (Wildman–Crippen MR) is 132 cm³/mol. The Labute approximate surface area is 189 Å². The van der Waals surface area contributed by atoms with Crippen LogP contribution in [-0.4, -0.2) is 0 Å². The van der Waals surface area contributed by atoms with Crippen LogP contribution in [0.2, 0.25) is 0 Å². The van der Waals surface area contributed by atoms with E-state index in [0.717, 1.165) is 17.8 Å². The molecule has 0 N–H and O–H groups in total. The van der Waals surface area contributed by atoms with Gasteiger partial charge in [-0.3, -0.25) is 0 Å². The van der Waals surface area contributed by atoms with E-state index in [1.165, 1.54) is 99.3 Å². The third-order valence-electron chi connectivity index (χ3n) is 9.16. The van der Waals surface area contributed by atoms with Crippen molar-refractivity contribution in [1.29, 1.82) is 0 Å². The van der Waals surface area contributed by atoms with Crippen molar-refractivity contribution in [2.45, 2.75) is 89.4 Å². The molecule has 0 spiro atoms. The number of allylic oxidation sites excluding steroid dienone is 1. The molecule has 0 atom stereocenters. The summed E-state index contributed by atoms with van der Waals surface area (Å²) in [5, 5.41) is 0. The molecule has 2 aromatic carbocycles. The first-order valence-corrected chi connectivity index (χ1v) is 13.1. The molecule has 0 amide bonds. The summed E-state index contributed by atoms with van der Waals surface area (Å²) in [5.74, 6) is 3.05. The van der Waals surface area contributed by atoms with Gasteiger partial charge in [0.1, 0.15) is 0 Å². The minimum absolute atomic E-state index is 0.511. The van der Waals surface area contributed by atoms with Crippen LogP contribution in [0.4, 0.5) is 0 Å². The average Bonchev–Trinajstić information content (AvgIpc) is 3.19. The molecule has 0 nitrogen and oxygen atoms in total. The van der Waals surface area contributed by atoms with E-state index in [1.807, 2.05) is 0 Å². The van der Waals surface area contributed by atoms with Crippen LogP contribution in [0.15, 0.2) is 48.0 Å². The highest BCUT2D eigenvalue weighted by Crippen LogP contribution is 2.60. The van der Waals surface area contributed by atoms with E-state index in [0.29, 0.717) is 5.41 Å². The maximum absolute atomic E-state index is 2.52. The van der Waals surface area contributed by atoms with Crippen molar-refractivity contribution in [3.05, 3.63) is 64.7 Å². The molecule has 0 heterocycles. The molecule has 0 saturated heterocycles. The monoisotopic (exact) mass is 410 g/mol. The van der Waals surface area contributed by atoms with Gasteiger partial charge in [-0.15, -0.1) is 0 Å². The smallest absolute Gasteiger partial charge is 0.00391 e. The topological polar surface area (TPSA) is 0 Å². The number of rotatable bonds is 7. The van der Waals surface area contributed by atoms with Gasteiger partial charge in [0, 0.05) is 0 Å². The first-order valence-electron chi connectivity index (χ1n) is 13.1. The first kappa shape index (κ1) is 19.8. The average molecular weight is 411 g/mol. The zero-order valence-electron chi connectivity index (χ0n) is 19.3. The van der Waals surface area contributed by atoms with Gasteiger partial charge in [-0.25, -0.2) is 0 Å². The van der Waals surface area contributed by atoms with Gasteiger partial charge in [0.05, 0.1) is 0 Å². The number of hydrogen-bond donors (Lipinski definition) is 0. The van der Waals surface area contributed by atoms with Crippen LogP contribution in [0.25, 0.3) is 17.2 Å². The summed E-state index contributed by atoms with van der Waals surface area (Å²) in [6.45, 7) is 2.30. The molecule has 0 radical (unpaired) electrons. The molecule has 0 aromatic heterocycles. The predicted octanol–water partition coefficient (Wildman–Crippen LogP) is 8.73. The molecule has 4 bridgehead atoms. The van der Waals surface area contributed by atoms with Crippen LogP contribution in [0, 0.1) is 17.8 Å². The summed E-state index contributed by atoms with van der Waals surface area (Å²) in [4.78, 5) is 0. The summed E-state index contributed by atoms with van der Waals surface area (Å²) in [7, 11) is 0. The normalized spacial score (nSPS) is 30.5. The molecule has 0 aliphatic heterocycles. The van der Waals surface area contributed by atoms with Crippen LogP contribution in [0.3, 0.4) is 0 Å². The van der Waals surface area contributed by atoms with Crippen LogP contribution < -0.4 is 0 Å². The SMILES string of the molecule is CCCCCCC1=Cc2c(cccc2-c2ccc(C34CC5CC(CC(C5)C3)C4)cc2)C1. The molecule has 0 unspecified atom stereocenters. The Bertz CT molecular complexity index is 938. The van der Waals surface area contributed by atoms with Gasteiger partial charge in [0.25, 0.3) is 0 Å². The van der Waals surface area contributed by atoms with Crippen molar-refractivity contribution in [2.75, 3.05) is 0 Å². The van der Waals surface area contributed by atoms with Gasteiger partial charge in [0.15, 0.2) is 0 Å². The number of benzene rings is 2. The third kappa shape index (κ3) is 3.61. The summed E-state index contributed by atoms with van der Waals surface area (Å²) in [5.41, 5.74) is 9.69. The molecule has 4 saturated carbocycles. The lowest BCUT2D eigenvalue weighted by Crippen LogP contribution is -2.48. The van der Waals surface area contributed by atoms with Crippen molar-refractivity contribution in [1.82, 2.24) is 0 Å². The van der Waals surface area contributed by atoms with Crippen LogP contribution in [0.1, 0.15) is 94.2 Å². The Balaban J connectivity index is 1.24. The fourth-order valence-electron chi connectivity index (χ4n) is 8.10. The zero-order valence-corrected chi connectivity index (χ0v) is 19.3. The second-order valence-corrected chi connectivity index (χ2v) is 11.4. The van der Waals surface area contributed by atoms with Crippen LogP contribution in [0.5, 0.6) is 0 Å². The van der Waals surface area contributed by atoms with Gasteiger partial charge in [0.2, 0.25) is 0 Å². The summed E-state index contributed by atoms with van der Waals surface area (Å²) >= 11 is 0. The van der Waals surface area contributed by atoms with Gasteiger partial charge in [-0.1, -0.05) is 80.3 Å². The minimum atomic E-state index is 0.511. The van der Waals surface area contributed by atoms with Crippen molar-refractivity contribution in [3.8, 4) is 11.1 Å². The molecule has 5 aliphatic rings. The van der Waals surface area contributed by atoms with E-state index < -0.39 is 0 Å². The van der Waals surface area contributed by atoms with Crippen LogP contribution in [-0.2, 0) is 11.8 Å². The number of fused-ring (bicyclic) bond motifs is 1. The highest BCUT2D eigenvalue weighted by Gasteiger charge is 2.51. The molecule has 2 aromatic rings. The zero-order chi connectivity index (χ0) is 20.8. The summed E-state index contributed by atoms with van der Waals surface area (Å²) in [6.07, 6.45) is 19.4. The van der Waals surface area contributed by atoms with Crippen molar-refractivity contribution in [2.24, 2.45) is 17.8 Å². The largest absolute Gasteiger partial charge is 0.0654 e. The second-order valence-electron chi connectivity index (χ2n) is 11.4. The highest BCUT2D eigenvalue weighted by molar-refractivity contribution is 5.80. The maximum Gasteiger partial charge on any atom is -0.00391 e. The Kier molecular flexibility index (Phi) is 5.09. The third-order valence-corrected chi connectivity index (χ3v) is 9.16. The Morgan fingerprint density at radius 2 is 1.52 bits per heavy atom. The Morgan fingerprint density at radius 1 is 0.806 bits per heavy atom. The van der Waals surface area contributed by atoms with Gasteiger partial charge >= 0.3 is 0 Å². The minimum Gasteiger partial charge on any atom is -0.0654 e. The molecule has 0 heteroatoms. The first-order chi connectivity index (χ1) is 15.2. The van der Waals surface area contributed by atoms with Crippen LogP contribution >= 0.6 is 0 Å². The molecule has 31 heavy (non-hydrogen) atoms.